The number of carbonyl (C=O) groups is 9. The molecule has 4 aliphatic rings. The zero-order chi connectivity index (χ0) is 65.4. The third kappa shape index (κ3) is 17.6. The Morgan fingerprint density at radius 3 is 1.97 bits per heavy atom. The van der Waals surface area contributed by atoms with Crippen molar-refractivity contribution in [3.8, 4) is 22.6 Å². The van der Waals surface area contributed by atoms with Crippen LogP contribution in [0.3, 0.4) is 0 Å². The van der Waals surface area contributed by atoms with Gasteiger partial charge in [-0.3, -0.25) is 38.1 Å². The zero-order valence-electron chi connectivity index (χ0n) is 49.1. The Labute approximate surface area is 510 Å². The van der Waals surface area contributed by atoms with Crippen LogP contribution in [-0.4, -0.2) is 230 Å². The smallest absolute Gasteiger partial charge is 0.446 e. The summed E-state index contributed by atoms with van der Waals surface area (Å²) >= 11 is 0. The highest BCUT2D eigenvalue weighted by Crippen LogP contribution is 2.44. The Morgan fingerprint density at radius 1 is 0.730 bits per heavy atom. The van der Waals surface area contributed by atoms with Crippen molar-refractivity contribution in [3.63, 3.8) is 0 Å². The van der Waals surface area contributed by atoms with Crippen LogP contribution in [0, 0.1) is 5.92 Å². The second kappa shape index (κ2) is 28.9. The first-order valence-corrected chi connectivity index (χ1v) is 29.9. The standard InChI is InChI=1S/C57H75N9O22S/c1-27-24-66-47(48(27)74)52(78)60-23-30(68)20-37(61-56(82)87-57(3,4)5)49(75)62-44(28(2)67)53(79)65-25-31(69)21-38(65)50(76)63-45(40(71)18-29-14-15-39(70)42(19-29)88-89(83,84)85)51(77)64-46(54(66)80)41(72)22-43(73)58-16-17-59-55(81)86-26-36-34-12-8-6-10-32(34)33-11-7-9-13-35(33)36/h6-15,19,27-28,30-31,36-38,40-41,44-48,67-72,74H,16-18,20-26H2,1-5H3,(H,58,73)(H,59,81)(H,60,78)(H,61,82)(H,62,75)(H,63,76)(H,64,77)(H,83,84,85)/t27-,28+,30+,31+,37?,38-,40+,41+,44?,45-,46-,47-,48-/m0/s1. The number of phenols is 1. The Bertz CT molecular complexity index is 3210. The number of aromatic hydroxyl groups is 1. The number of phenolic OH excluding ortho intramolecular Hbond substituents is 1. The summed E-state index contributed by atoms with van der Waals surface area (Å²) in [6, 6.07) is 6.02. The van der Waals surface area contributed by atoms with Crippen molar-refractivity contribution in [2.45, 2.75) is 145 Å². The Balaban J connectivity index is 1.18. The molecule has 3 fully saturated rings. The predicted molar refractivity (Wildman–Crippen MR) is 308 cm³/mol. The Morgan fingerprint density at radius 2 is 1.34 bits per heavy atom. The molecule has 7 rings (SSSR count). The largest absolute Gasteiger partial charge is 0.504 e. The minimum Gasteiger partial charge on any atom is -0.504 e. The number of hydrogen-bond acceptors (Lipinski definition) is 21. The summed E-state index contributed by atoms with van der Waals surface area (Å²) in [6.45, 7) is 4.63. The normalized spacial score (nSPS) is 25.8. The number of aliphatic hydroxyl groups is 6. The molecule has 15 N–H and O–H groups in total. The lowest BCUT2D eigenvalue weighted by Gasteiger charge is -2.34. The maximum atomic E-state index is 15.0. The van der Waals surface area contributed by atoms with Gasteiger partial charge in [-0.15, -0.1) is 0 Å². The molecule has 3 saturated heterocycles. The van der Waals surface area contributed by atoms with Gasteiger partial charge in [-0.1, -0.05) is 61.5 Å². The van der Waals surface area contributed by atoms with Gasteiger partial charge in [0.25, 0.3) is 0 Å². The molecular formula is C57H75N9O22S. The quantitative estimate of drug-likeness (QED) is 0.0522. The van der Waals surface area contributed by atoms with Crippen LogP contribution in [-0.2, 0) is 59.9 Å². The number of fused-ring (bicyclic) bond motifs is 5. The molecule has 0 bridgehead atoms. The fraction of sp³-hybridized carbons (Fsp3) is 0.526. The van der Waals surface area contributed by atoms with Crippen LogP contribution >= 0.6 is 0 Å². The van der Waals surface area contributed by atoms with Crippen LogP contribution in [0.15, 0.2) is 66.7 Å². The predicted octanol–water partition coefficient (Wildman–Crippen LogP) is -3.34. The van der Waals surface area contributed by atoms with E-state index in [1.807, 2.05) is 48.5 Å². The topological polar surface area (TPSA) is 468 Å². The van der Waals surface area contributed by atoms with Crippen molar-refractivity contribution in [2.24, 2.45) is 5.92 Å². The van der Waals surface area contributed by atoms with E-state index in [1.165, 1.54) is 27.7 Å². The van der Waals surface area contributed by atoms with Gasteiger partial charge in [0, 0.05) is 63.8 Å². The fourth-order valence-corrected chi connectivity index (χ4v) is 11.3. The first kappa shape index (κ1) is 68.3. The first-order valence-electron chi connectivity index (χ1n) is 28.5. The summed E-state index contributed by atoms with van der Waals surface area (Å²) in [6.07, 6.45) is -16.4. The molecule has 3 aromatic rings. The minimum atomic E-state index is -5.26. The van der Waals surface area contributed by atoms with Gasteiger partial charge < -0.3 is 96.4 Å². The zero-order valence-corrected chi connectivity index (χ0v) is 49.9. The van der Waals surface area contributed by atoms with Crippen molar-refractivity contribution >= 4 is 63.9 Å². The molecule has 0 aromatic heterocycles. The van der Waals surface area contributed by atoms with Crippen LogP contribution < -0.4 is 41.4 Å². The summed E-state index contributed by atoms with van der Waals surface area (Å²) in [5, 5.41) is 95.3. The van der Waals surface area contributed by atoms with Crippen LogP contribution in [0.5, 0.6) is 11.5 Å². The molecule has 0 saturated carbocycles. The maximum Gasteiger partial charge on any atom is 0.446 e. The number of alkyl carbamates (subject to hydrolysis) is 2. The van der Waals surface area contributed by atoms with Crippen molar-refractivity contribution in [1.29, 1.82) is 0 Å². The summed E-state index contributed by atoms with van der Waals surface area (Å²) in [7, 11) is -5.26. The van der Waals surface area contributed by atoms with Gasteiger partial charge in [0.15, 0.2) is 11.5 Å². The molecule has 3 heterocycles. The number of β-amino-alcohol motifs (C(OH)–C–C–N with tert-alkyl or cyclic N) is 1. The highest BCUT2D eigenvalue weighted by atomic mass is 32.3. The van der Waals surface area contributed by atoms with E-state index >= 15 is 4.79 Å². The number of nitrogens with zero attached hydrogens (tertiary/aromatic N) is 2. The summed E-state index contributed by atoms with van der Waals surface area (Å²) in [5.41, 5.74) is 2.65. The number of nitrogens with one attached hydrogen (secondary N) is 7. The first-order chi connectivity index (χ1) is 41.8. The monoisotopic (exact) mass is 1270 g/mol. The molecule has 3 aromatic carbocycles. The molecule has 3 aliphatic heterocycles. The molecule has 0 spiro atoms. The number of aliphatic hydroxyl groups excluding tert-OH is 6. The molecular weight excluding hydrogens is 1190 g/mol. The van der Waals surface area contributed by atoms with E-state index in [0.29, 0.717) is 0 Å². The lowest BCUT2D eigenvalue weighted by atomic mass is 9.98. The van der Waals surface area contributed by atoms with Crippen molar-refractivity contribution in [3.05, 3.63) is 83.4 Å². The van der Waals surface area contributed by atoms with Gasteiger partial charge in [-0.25, -0.2) is 9.59 Å². The van der Waals surface area contributed by atoms with E-state index in [0.717, 1.165) is 57.2 Å². The number of hydrogen-bond donors (Lipinski definition) is 15. The highest BCUT2D eigenvalue weighted by Gasteiger charge is 2.50. The van der Waals surface area contributed by atoms with Crippen LogP contribution in [0.1, 0.15) is 76.5 Å². The third-order valence-electron chi connectivity index (χ3n) is 15.2. The number of rotatable bonds is 15. The van der Waals surface area contributed by atoms with Crippen LogP contribution in [0.4, 0.5) is 9.59 Å². The minimum absolute atomic E-state index is 0.0240. The SMILES string of the molecule is C[C@@H](O)C1NC(=O)C(NC(=O)OC(C)(C)C)C[C@@H](O)CNC(=O)[C@@H]2[C@@H](O)[C@@H](C)CN2C(=O)[C@H]([C@H](O)CC(=O)NCCNC(=O)OCC2c3ccccc3-c3ccccc32)NC(=O)[C@H]([C@H](O)Cc2ccc(O)c(OS(=O)(=O)O)c2)NC(=O)[C@@H]2C[C@@H](O)CN2C1=O. The highest BCUT2D eigenvalue weighted by molar-refractivity contribution is 7.81. The number of amides is 9. The molecule has 1 aliphatic carbocycles. The van der Waals surface area contributed by atoms with E-state index in [-0.39, 0.29) is 31.2 Å². The molecule has 0 radical (unpaired) electrons. The van der Waals surface area contributed by atoms with E-state index in [1.54, 1.807) is 0 Å². The second-order valence-corrected chi connectivity index (χ2v) is 24.3. The van der Waals surface area contributed by atoms with Gasteiger partial charge >= 0.3 is 22.6 Å². The molecule has 9 amide bonds. The van der Waals surface area contributed by atoms with Crippen LogP contribution in [0.2, 0.25) is 0 Å². The van der Waals surface area contributed by atoms with E-state index in [4.69, 9.17) is 9.47 Å². The van der Waals surface area contributed by atoms with Gasteiger partial charge in [0.05, 0.1) is 43.0 Å². The average Bonchev–Trinajstić information content (AvgIpc) is 1.68. The third-order valence-corrected chi connectivity index (χ3v) is 15.6. The fourth-order valence-electron chi connectivity index (χ4n) is 11.0. The van der Waals surface area contributed by atoms with Crippen LogP contribution in [0.25, 0.3) is 11.1 Å². The van der Waals surface area contributed by atoms with E-state index in [9.17, 15) is 87.1 Å². The average molecular weight is 1270 g/mol. The number of benzene rings is 3. The lowest BCUT2D eigenvalue weighted by Crippen LogP contribution is -2.64. The van der Waals surface area contributed by atoms with Crippen molar-refractivity contribution < 1.29 is 106 Å². The summed E-state index contributed by atoms with van der Waals surface area (Å²) < 4.78 is 47.9. The van der Waals surface area contributed by atoms with E-state index < -0.39 is 205 Å². The van der Waals surface area contributed by atoms with Gasteiger partial charge in [-0.2, -0.15) is 8.42 Å². The van der Waals surface area contributed by atoms with E-state index in [2.05, 4.69) is 41.4 Å². The van der Waals surface area contributed by atoms with Crippen molar-refractivity contribution in [2.75, 3.05) is 39.3 Å². The molecule has 486 valence electrons. The summed E-state index contributed by atoms with van der Waals surface area (Å²) in [5.74, 6) is -11.6. The molecule has 89 heavy (non-hydrogen) atoms. The van der Waals surface area contributed by atoms with Gasteiger partial charge in [0.1, 0.15) is 48.5 Å². The Kier molecular flexibility index (Phi) is 22.2. The Hall–Kier alpha value is -8.24. The number of ether oxygens (including phenoxy) is 2. The second-order valence-electron chi connectivity index (χ2n) is 23.3. The lowest BCUT2D eigenvalue weighted by molar-refractivity contribution is -0.147. The number of carbonyl (C=O) groups excluding carboxylic acids is 9. The molecule has 32 heteroatoms. The van der Waals surface area contributed by atoms with Gasteiger partial charge in [-0.05, 0) is 67.6 Å². The molecule has 31 nitrogen and oxygen atoms in total. The van der Waals surface area contributed by atoms with Crippen molar-refractivity contribution in [1.82, 2.24) is 47.0 Å². The summed E-state index contributed by atoms with van der Waals surface area (Å²) in [4.78, 5) is 128. The molecule has 13 atom stereocenters. The van der Waals surface area contributed by atoms with Gasteiger partial charge in [0.2, 0.25) is 41.4 Å². The maximum absolute atomic E-state index is 15.0. The molecule has 2 unspecified atom stereocenters.